The summed E-state index contributed by atoms with van der Waals surface area (Å²) in [7, 11) is 2.33. The zero-order chi connectivity index (χ0) is 26.8. The van der Waals surface area contributed by atoms with Gasteiger partial charge in [0, 0.05) is 38.8 Å². The number of carbonyl (C=O) groups is 2. The standard InChI is InChI=1S/C23H29N5O7S/c1-7-34-17-10-14-11-28(22(24)19(14)26-20(17)23(30)25-2)12-16(29)13-8-15(27(3)4)21(18(9-13)33-5)35-36(6,31)32/h8-10,24H,7,11-12H2,1-6H3,(H,25,30). The first-order valence-electron chi connectivity index (χ1n) is 10.9. The maximum absolute atomic E-state index is 13.2. The van der Waals surface area contributed by atoms with Crippen LogP contribution in [0.2, 0.25) is 0 Å². The minimum absolute atomic E-state index is 0.00313. The Kier molecular flexibility index (Phi) is 7.72. The van der Waals surface area contributed by atoms with Crippen molar-refractivity contribution in [3.8, 4) is 17.2 Å². The summed E-state index contributed by atoms with van der Waals surface area (Å²) in [6.07, 6.45) is 0.919. The topological polar surface area (TPSA) is 151 Å². The zero-order valence-corrected chi connectivity index (χ0v) is 21.8. The monoisotopic (exact) mass is 519 g/mol. The highest BCUT2D eigenvalue weighted by Gasteiger charge is 2.31. The Morgan fingerprint density at radius 2 is 1.92 bits per heavy atom. The van der Waals surface area contributed by atoms with E-state index in [2.05, 4.69) is 10.3 Å². The second-order valence-corrected chi connectivity index (χ2v) is 9.77. The van der Waals surface area contributed by atoms with E-state index in [0.717, 1.165) is 6.26 Å². The number of anilines is 1. The molecular weight excluding hydrogens is 490 g/mol. The maximum Gasteiger partial charge on any atom is 0.306 e. The first-order valence-corrected chi connectivity index (χ1v) is 12.8. The third-order valence-corrected chi connectivity index (χ3v) is 5.81. The Bertz CT molecular complexity index is 1320. The molecule has 2 N–H and O–H groups in total. The fourth-order valence-electron chi connectivity index (χ4n) is 3.71. The molecule has 0 saturated heterocycles. The third kappa shape index (κ3) is 5.51. The molecule has 0 atom stereocenters. The first-order chi connectivity index (χ1) is 16.9. The predicted molar refractivity (Wildman–Crippen MR) is 133 cm³/mol. The Hall–Kier alpha value is -3.87. The average molecular weight is 520 g/mol. The number of amidine groups is 1. The average Bonchev–Trinajstić information content (AvgIpc) is 3.11. The van der Waals surface area contributed by atoms with Gasteiger partial charge in [0.05, 0.1) is 32.2 Å². The molecule has 2 aromatic rings. The van der Waals surface area contributed by atoms with Crippen molar-refractivity contribution < 1.29 is 31.7 Å². The number of methoxy groups -OCH3 is 1. The van der Waals surface area contributed by atoms with Gasteiger partial charge in [0.25, 0.3) is 5.91 Å². The van der Waals surface area contributed by atoms with Gasteiger partial charge in [-0.25, -0.2) is 4.98 Å². The van der Waals surface area contributed by atoms with Crippen molar-refractivity contribution in [2.75, 3.05) is 52.6 Å². The lowest BCUT2D eigenvalue weighted by Gasteiger charge is -2.21. The molecule has 1 aliphatic heterocycles. The van der Waals surface area contributed by atoms with E-state index in [9.17, 15) is 18.0 Å². The largest absolute Gasteiger partial charge is 0.493 e. The van der Waals surface area contributed by atoms with E-state index >= 15 is 0 Å². The molecule has 0 unspecified atom stereocenters. The number of hydrogen-bond acceptors (Lipinski definition) is 10. The van der Waals surface area contributed by atoms with Crippen LogP contribution in [-0.4, -0.2) is 83.5 Å². The van der Waals surface area contributed by atoms with Crippen LogP contribution >= 0.6 is 0 Å². The molecule has 0 aliphatic carbocycles. The van der Waals surface area contributed by atoms with Crippen molar-refractivity contribution in [3.05, 3.63) is 40.7 Å². The molecule has 3 rings (SSSR count). The number of fused-ring (bicyclic) bond motifs is 1. The van der Waals surface area contributed by atoms with Gasteiger partial charge in [-0.05, 0) is 25.1 Å². The highest BCUT2D eigenvalue weighted by atomic mass is 32.2. The summed E-state index contributed by atoms with van der Waals surface area (Å²) in [5.41, 5.74) is 1.61. The molecule has 1 aromatic heterocycles. The molecule has 0 fully saturated rings. The smallest absolute Gasteiger partial charge is 0.306 e. The molecule has 1 aliphatic rings. The van der Waals surface area contributed by atoms with Crippen molar-refractivity contribution in [3.63, 3.8) is 0 Å². The van der Waals surface area contributed by atoms with Crippen LogP contribution in [0, 0.1) is 5.41 Å². The first kappa shape index (κ1) is 26.7. The number of ketones is 1. The molecule has 0 bridgehead atoms. The van der Waals surface area contributed by atoms with Gasteiger partial charge in [0.1, 0.15) is 11.5 Å². The van der Waals surface area contributed by atoms with Crippen LogP contribution in [0.25, 0.3) is 0 Å². The number of ether oxygens (including phenoxy) is 2. The second kappa shape index (κ2) is 10.4. The van der Waals surface area contributed by atoms with E-state index in [4.69, 9.17) is 19.1 Å². The van der Waals surface area contributed by atoms with Gasteiger partial charge in [0.2, 0.25) is 5.75 Å². The number of nitrogens with zero attached hydrogens (tertiary/aromatic N) is 3. The lowest BCUT2D eigenvalue weighted by atomic mass is 10.1. The molecule has 0 spiro atoms. The van der Waals surface area contributed by atoms with E-state index in [0.29, 0.717) is 29.3 Å². The highest BCUT2D eigenvalue weighted by molar-refractivity contribution is 7.86. The number of Topliss-reactive ketones (excluding diaryl/α,β-unsaturated/α-hetero) is 1. The molecule has 1 amide bonds. The van der Waals surface area contributed by atoms with Crippen molar-refractivity contribution in [2.24, 2.45) is 0 Å². The summed E-state index contributed by atoms with van der Waals surface area (Å²) < 4.78 is 39.5. The van der Waals surface area contributed by atoms with Crippen LogP contribution in [-0.2, 0) is 16.7 Å². The molecule has 2 heterocycles. The van der Waals surface area contributed by atoms with Gasteiger partial charge in [-0.15, -0.1) is 0 Å². The molecule has 1 aromatic carbocycles. The van der Waals surface area contributed by atoms with Crippen LogP contribution in [0.5, 0.6) is 17.2 Å². The molecule has 12 nitrogen and oxygen atoms in total. The fraction of sp³-hybridized carbons (Fsp3) is 0.391. The minimum Gasteiger partial charge on any atom is -0.493 e. The normalized spacial score (nSPS) is 12.7. The molecule has 36 heavy (non-hydrogen) atoms. The van der Waals surface area contributed by atoms with Crippen LogP contribution in [0.3, 0.4) is 0 Å². The lowest BCUT2D eigenvalue weighted by Crippen LogP contribution is -2.31. The number of hydrogen-bond donors (Lipinski definition) is 2. The number of carbonyl (C=O) groups excluding carboxylic acids is 2. The highest BCUT2D eigenvalue weighted by Crippen LogP contribution is 2.39. The quantitative estimate of drug-likeness (QED) is 0.347. The Labute approximate surface area is 209 Å². The zero-order valence-electron chi connectivity index (χ0n) is 21.0. The number of benzene rings is 1. The van der Waals surface area contributed by atoms with Gasteiger partial charge in [-0.2, -0.15) is 8.42 Å². The summed E-state index contributed by atoms with van der Waals surface area (Å²) in [6, 6.07) is 4.57. The Morgan fingerprint density at radius 1 is 1.22 bits per heavy atom. The lowest BCUT2D eigenvalue weighted by molar-refractivity contribution is 0.0949. The van der Waals surface area contributed by atoms with E-state index in [-0.39, 0.29) is 47.5 Å². The molecule has 13 heteroatoms. The van der Waals surface area contributed by atoms with Gasteiger partial charge in [-0.1, -0.05) is 0 Å². The summed E-state index contributed by atoms with van der Waals surface area (Å²) in [5, 5.41) is 11.1. The van der Waals surface area contributed by atoms with Gasteiger partial charge < -0.3 is 28.8 Å². The predicted octanol–water partition coefficient (Wildman–Crippen LogP) is 1.28. The number of pyridine rings is 1. The van der Waals surface area contributed by atoms with Gasteiger partial charge in [0.15, 0.2) is 23.0 Å². The Morgan fingerprint density at radius 3 is 2.47 bits per heavy atom. The van der Waals surface area contributed by atoms with Crippen LogP contribution < -0.4 is 23.9 Å². The molecule has 194 valence electrons. The summed E-state index contributed by atoms with van der Waals surface area (Å²) in [6.45, 7) is 2.19. The number of amides is 1. The van der Waals surface area contributed by atoms with Gasteiger partial charge in [-0.3, -0.25) is 15.0 Å². The number of rotatable bonds is 10. The van der Waals surface area contributed by atoms with Gasteiger partial charge >= 0.3 is 10.1 Å². The maximum atomic E-state index is 13.2. The second-order valence-electron chi connectivity index (χ2n) is 8.19. The number of aromatic nitrogens is 1. The van der Waals surface area contributed by atoms with Crippen molar-refractivity contribution in [2.45, 2.75) is 13.5 Å². The van der Waals surface area contributed by atoms with Crippen molar-refractivity contribution >= 4 is 33.3 Å². The van der Waals surface area contributed by atoms with Crippen molar-refractivity contribution in [1.29, 1.82) is 5.41 Å². The van der Waals surface area contributed by atoms with E-state index in [1.165, 1.54) is 31.2 Å². The third-order valence-electron chi connectivity index (χ3n) is 5.34. The minimum atomic E-state index is -3.85. The molecular formula is C23H29N5O7S. The SMILES string of the molecule is CCOc1cc2c(nc1C(=O)NC)C(=N)N(CC(=O)c1cc(OC)c(OS(C)(=O)=O)c(N(C)C)c1)C2. The summed E-state index contributed by atoms with van der Waals surface area (Å²) in [5.74, 6) is -0.424. The van der Waals surface area contributed by atoms with E-state index in [1.807, 2.05) is 0 Å². The molecule has 0 radical (unpaired) electrons. The van der Waals surface area contributed by atoms with Crippen LogP contribution in [0.4, 0.5) is 5.69 Å². The van der Waals surface area contributed by atoms with Crippen LogP contribution in [0.15, 0.2) is 18.2 Å². The molecule has 0 saturated carbocycles. The van der Waals surface area contributed by atoms with E-state index in [1.54, 1.807) is 32.0 Å². The fourth-order valence-corrected chi connectivity index (χ4v) is 4.18. The summed E-state index contributed by atoms with van der Waals surface area (Å²) >= 11 is 0. The van der Waals surface area contributed by atoms with E-state index < -0.39 is 16.0 Å². The summed E-state index contributed by atoms with van der Waals surface area (Å²) in [4.78, 5) is 33.0. The van der Waals surface area contributed by atoms with Crippen molar-refractivity contribution in [1.82, 2.24) is 15.2 Å². The van der Waals surface area contributed by atoms with Crippen LogP contribution in [0.1, 0.15) is 39.0 Å². The number of nitrogens with one attached hydrogen (secondary N) is 2. The Balaban J connectivity index is 1.92.